The van der Waals surface area contributed by atoms with E-state index in [1.54, 1.807) is 19.3 Å². The first-order valence-corrected chi connectivity index (χ1v) is 10.9. The molecule has 3 aromatic rings. The maximum absolute atomic E-state index is 14.4. The summed E-state index contributed by atoms with van der Waals surface area (Å²) in [7, 11) is 1.80. The standard InChI is InChI=1S/C24H27FN6O/c1-13-11-31(12-15(13)9-26)23-22-19-6-16(25)7-20(27-3)18(19)8-21(22)29-24(30-23)32-17-5-4-14(2)28-10-17/h4-7,10,13,15,27H,8-9,11-12,26H2,1-3H3. The third-order valence-corrected chi connectivity index (χ3v) is 6.51. The van der Waals surface area contributed by atoms with Crippen LogP contribution in [0.4, 0.5) is 15.9 Å². The van der Waals surface area contributed by atoms with Crippen LogP contribution in [0, 0.1) is 24.6 Å². The largest absolute Gasteiger partial charge is 0.423 e. The molecule has 2 atom stereocenters. The Balaban J connectivity index is 1.62. The van der Waals surface area contributed by atoms with E-state index in [1.165, 1.54) is 6.07 Å². The van der Waals surface area contributed by atoms with Crippen LogP contribution >= 0.6 is 0 Å². The van der Waals surface area contributed by atoms with Crippen LogP contribution < -0.4 is 20.7 Å². The second kappa shape index (κ2) is 8.02. The average Bonchev–Trinajstić information content (AvgIpc) is 3.34. The normalized spacial score (nSPS) is 19.1. The Hall–Kier alpha value is -3.26. The second-order valence-electron chi connectivity index (χ2n) is 8.67. The average molecular weight is 435 g/mol. The number of hydrogen-bond donors (Lipinski definition) is 2. The summed E-state index contributed by atoms with van der Waals surface area (Å²) in [6, 6.07) is 7.11. The number of halogens is 1. The monoisotopic (exact) mass is 434 g/mol. The van der Waals surface area contributed by atoms with Gasteiger partial charge in [-0.05, 0) is 60.7 Å². The zero-order valence-corrected chi connectivity index (χ0v) is 18.5. The van der Waals surface area contributed by atoms with Crippen LogP contribution in [0.5, 0.6) is 11.8 Å². The SMILES string of the molecule is CNc1cc(F)cc2c1Cc1nc(Oc3ccc(C)nc3)nc(N3CC(C)C(CN)C3)c1-2. The van der Waals surface area contributed by atoms with E-state index >= 15 is 0 Å². The number of aromatic nitrogens is 3. The van der Waals surface area contributed by atoms with Crippen molar-refractivity contribution in [3.05, 3.63) is 53.2 Å². The molecule has 3 heterocycles. The second-order valence-corrected chi connectivity index (χ2v) is 8.67. The maximum Gasteiger partial charge on any atom is 0.324 e. The molecule has 2 aliphatic rings. The van der Waals surface area contributed by atoms with Crippen LogP contribution in [0.2, 0.25) is 0 Å². The highest BCUT2D eigenvalue weighted by atomic mass is 19.1. The van der Waals surface area contributed by atoms with Gasteiger partial charge in [-0.25, -0.2) is 4.39 Å². The van der Waals surface area contributed by atoms with Crippen LogP contribution in [0.3, 0.4) is 0 Å². The molecule has 1 aromatic carbocycles. The number of nitrogens with two attached hydrogens (primary N) is 1. The van der Waals surface area contributed by atoms with E-state index in [1.807, 2.05) is 19.1 Å². The number of aryl methyl sites for hydroxylation is 1. The van der Waals surface area contributed by atoms with Crippen LogP contribution in [0.25, 0.3) is 11.1 Å². The molecule has 2 unspecified atom stereocenters. The molecule has 3 N–H and O–H groups in total. The highest BCUT2D eigenvalue weighted by molar-refractivity contribution is 5.88. The molecule has 1 fully saturated rings. The number of pyridine rings is 1. The molecule has 0 bridgehead atoms. The van der Waals surface area contributed by atoms with Crippen molar-refractivity contribution >= 4 is 11.5 Å². The summed E-state index contributed by atoms with van der Waals surface area (Å²) < 4.78 is 20.4. The number of nitrogens with one attached hydrogen (secondary N) is 1. The molecular weight excluding hydrogens is 407 g/mol. The van der Waals surface area contributed by atoms with Crippen molar-refractivity contribution in [3.63, 3.8) is 0 Å². The van der Waals surface area contributed by atoms with Gasteiger partial charge in [0.25, 0.3) is 0 Å². The van der Waals surface area contributed by atoms with Crippen LogP contribution in [0.1, 0.15) is 23.9 Å². The summed E-state index contributed by atoms with van der Waals surface area (Å²) >= 11 is 0. The molecule has 0 radical (unpaired) electrons. The van der Waals surface area contributed by atoms with Crippen LogP contribution in [0.15, 0.2) is 30.5 Å². The fourth-order valence-corrected chi connectivity index (χ4v) is 4.73. The summed E-state index contributed by atoms with van der Waals surface area (Å²) in [5.41, 5.74) is 11.3. The third kappa shape index (κ3) is 3.54. The minimum atomic E-state index is -0.285. The van der Waals surface area contributed by atoms with Crippen molar-refractivity contribution in [2.24, 2.45) is 17.6 Å². The van der Waals surface area contributed by atoms with E-state index in [9.17, 15) is 4.39 Å². The van der Waals surface area contributed by atoms with E-state index in [0.717, 1.165) is 52.7 Å². The Labute approximate surface area is 186 Å². The fourth-order valence-electron chi connectivity index (χ4n) is 4.73. The topological polar surface area (TPSA) is 89.2 Å². The number of hydrogen-bond acceptors (Lipinski definition) is 7. The summed E-state index contributed by atoms with van der Waals surface area (Å²) in [5, 5.41) is 3.12. The number of anilines is 2. The van der Waals surface area contributed by atoms with Gasteiger partial charge in [-0.15, -0.1) is 0 Å². The van der Waals surface area contributed by atoms with Gasteiger partial charge >= 0.3 is 6.01 Å². The zero-order chi connectivity index (χ0) is 22.4. The van der Waals surface area contributed by atoms with Crippen LogP contribution in [-0.4, -0.2) is 41.6 Å². The first-order valence-electron chi connectivity index (χ1n) is 10.9. The number of ether oxygens (including phenoxy) is 1. The van der Waals surface area contributed by atoms with Crippen LogP contribution in [-0.2, 0) is 6.42 Å². The van der Waals surface area contributed by atoms with Crippen molar-refractivity contribution in [1.29, 1.82) is 0 Å². The number of rotatable bonds is 5. The molecule has 1 aliphatic carbocycles. The third-order valence-electron chi connectivity index (χ3n) is 6.51. The van der Waals surface area contributed by atoms with Gasteiger partial charge in [0.15, 0.2) is 0 Å². The predicted molar refractivity (Wildman–Crippen MR) is 123 cm³/mol. The molecule has 8 heteroatoms. The summed E-state index contributed by atoms with van der Waals surface area (Å²) in [5.74, 6) is 1.89. The first-order chi connectivity index (χ1) is 15.5. The van der Waals surface area contributed by atoms with Gasteiger partial charge in [-0.1, -0.05) is 6.92 Å². The molecule has 0 spiro atoms. The van der Waals surface area contributed by atoms with Gasteiger partial charge in [-0.2, -0.15) is 9.97 Å². The molecular formula is C24H27FN6O. The lowest BCUT2D eigenvalue weighted by Gasteiger charge is -2.21. The van der Waals surface area contributed by atoms with Gasteiger partial charge < -0.3 is 20.7 Å². The number of benzene rings is 1. The smallest absolute Gasteiger partial charge is 0.324 e. The minimum absolute atomic E-state index is 0.271. The maximum atomic E-state index is 14.4. The van der Waals surface area contributed by atoms with Gasteiger partial charge in [0.2, 0.25) is 0 Å². The van der Waals surface area contributed by atoms with Gasteiger partial charge in [0.05, 0.1) is 11.9 Å². The van der Waals surface area contributed by atoms with Gasteiger partial charge in [-0.3, -0.25) is 4.98 Å². The van der Waals surface area contributed by atoms with Gasteiger partial charge in [0.1, 0.15) is 17.4 Å². The van der Waals surface area contributed by atoms with Gasteiger partial charge in [0, 0.05) is 43.5 Å². The summed E-state index contributed by atoms with van der Waals surface area (Å²) in [6.07, 6.45) is 2.25. The Kier molecular flexibility index (Phi) is 5.17. The molecule has 7 nitrogen and oxygen atoms in total. The van der Waals surface area contributed by atoms with E-state index < -0.39 is 0 Å². The van der Waals surface area contributed by atoms with E-state index in [2.05, 4.69) is 22.1 Å². The van der Waals surface area contributed by atoms with E-state index in [0.29, 0.717) is 30.6 Å². The molecule has 1 aliphatic heterocycles. The molecule has 2 aromatic heterocycles. The molecule has 32 heavy (non-hydrogen) atoms. The summed E-state index contributed by atoms with van der Waals surface area (Å²) in [4.78, 5) is 16.1. The van der Waals surface area contributed by atoms with E-state index in [4.69, 9.17) is 20.4 Å². The Morgan fingerprint density at radius 2 is 2.09 bits per heavy atom. The lowest BCUT2D eigenvalue weighted by atomic mass is 9.99. The predicted octanol–water partition coefficient (Wildman–Crippen LogP) is 3.76. The quantitative estimate of drug-likeness (QED) is 0.494. The highest BCUT2D eigenvalue weighted by Gasteiger charge is 2.35. The van der Waals surface area contributed by atoms with Crippen molar-refractivity contribution in [2.45, 2.75) is 20.3 Å². The fraction of sp³-hybridized carbons (Fsp3) is 0.375. The lowest BCUT2D eigenvalue weighted by molar-refractivity contribution is 0.438. The molecule has 0 amide bonds. The Morgan fingerprint density at radius 1 is 1.25 bits per heavy atom. The van der Waals surface area contributed by atoms with Crippen molar-refractivity contribution in [2.75, 3.05) is 36.9 Å². The minimum Gasteiger partial charge on any atom is -0.423 e. The molecule has 0 saturated carbocycles. The first kappa shape index (κ1) is 20.6. The summed E-state index contributed by atoms with van der Waals surface area (Å²) in [6.45, 7) is 6.39. The lowest BCUT2D eigenvalue weighted by Crippen LogP contribution is -2.24. The number of fused-ring (bicyclic) bond motifs is 3. The van der Waals surface area contributed by atoms with Crippen molar-refractivity contribution in [3.8, 4) is 22.9 Å². The highest BCUT2D eigenvalue weighted by Crippen LogP contribution is 2.46. The molecule has 5 rings (SSSR count). The molecule has 166 valence electrons. The Bertz CT molecular complexity index is 1170. The van der Waals surface area contributed by atoms with Crippen molar-refractivity contribution in [1.82, 2.24) is 15.0 Å². The van der Waals surface area contributed by atoms with Crippen molar-refractivity contribution < 1.29 is 9.13 Å². The van der Waals surface area contributed by atoms with E-state index in [-0.39, 0.29) is 11.8 Å². The zero-order valence-electron chi connectivity index (χ0n) is 18.5. The number of nitrogens with zero attached hydrogens (tertiary/aromatic N) is 4. The Morgan fingerprint density at radius 3 is 2.78 bits per heavy atom. The molecule has 1 saturated heterocycles.